The molecule has 0 unspecified atom stereocenters. The SMILES string of the molecule is C=C(C)CNC(=S)NCC#CC. The number of hydrogen-bond donors (Lipinski definition) is 2. The van der Waals surface area contributed by atoms with Crippen LogP contribution in [-0.4, -0.2) is 18.2 Å². The minimum Gasteiger partial charge on any atom is -0.359 e. The van der Waals surface area contributed by atoms with E-state index in [2.05, 4.69) is 29.1 Å². The normalized spacial score (nSPS) is 7.83. The van der Waals surface area contributed by atoms with E-state index in [1.165, 1.54) is 0 Å². The van der Waals surface area contributed by atoms with Crippen molar-refractivity contribution in [3.63, 3.8) is 0 Å². The van der Waals surface area contributed by atoms with Crippen molar-refractivity contribution in [1.29, 1.82) is 0 Å². The predicted molar refractivity (Wildman–Crippen MR) is 56.9 cm³/mol. The van der Waals surface area contributed by atoms with Crippen LogP contribution in [-0.2, 0) is 0 Å². The Kier molecular flexibility index (Phi) is 6.12. The Morgan fingerprint density at radius 2 is 2.17 bits per heavy atom. The van der Waals surface area contributed by atoms with Crippen molar-refractivity contribution in [3.05, 3.63) is 12.2 Å². The third-order valence-electron chi connectivity index (χ3n) is 1.06. The molecule has 12 heavy (non-hydrogen) atoms. The molecule has 0 heterocycles. The van der Waals surface area contributed by atoms with Crippen LogP contribution in [0.15, 0.2) is 12.2 Å². The molecule has 0 bridgehead atoms. The van der Waals surface area contributed by atoms with Gasteiger partial charge in [-0.3, -0.25) is 0 Å². The highest BCUT2D eigenvalue weighted by Gasteiger charge is 1.90. The van der Waals surface area contributed by atoms with Crippen molar-refractivity contribution in [3.8, 4) is 11.8 Å². The van der Waals surface area contributed by atoms with Crippen LogP contribution >= 0.6 is 12.2 Å². The van der Waals surface area contributed by atoms with E-state index in [1.54, 1.807) is 6.92 Å². The Balaban J connectivity index is 3.44. The van der Waals surface area contributed by atoms with Gasteiger partial charge in [0.1, 0.15) is 0 Å². The molecule has 0 aliphatic carbocycles. The lowest BCUT2D eigenvalue weighted by atomic mass is 10.3. The molecule has 0 atom stereocenters. The second kappa shape index (κ2) is 6.68. The second-order valence-corrected chi connectivity index (χ2v) is 2.83. The maximum absolute atomic E-state index is 4.95. The third kappa shape index (κ3) is 7.10. The molecule has 0 aliphatic heterocycles. The lowest BCUT2D eigenvalue weighted by molar-refractivity contribution is 0.929. The number of rotatable bonds is 3. The summed E-state index contributed by atoms with van der Waals surface area (Å²) in [6.07, 6.45) is 0. The molecular formula is C9H14N2S. The predicted octanol–water partition coefficient (Wildman–Crippen LogP) is 1.05. The first kappa shape index (κ1) is 11.0. The van der Waals surface area contributed by atoms with E-state index in [4.69, 9.17) is 12.2 Å². The van der Waals surface area contributed by atoms with E-state index in [0.29, 0.717) is 18.2 Å². The maximum Gasteiger partial charge on any atom is 0.167 e. The topological polar surface area (TPSA) is 24.1 Å². The van der Waals surface area contributed by atoms with Crippen LogP contribution in [0, 0.1) is 11.8 Å². The molecule has 0 spiro atoms. The lowest BCUT2D eigenvalue weighted by Gasteiger charge is -2.07. The Labute approximate surface area is 79.4 Å². The average molecular weight is 182 g/mol. The summed E-state index contributed by atoms with van der Waals surface area (Å²) in [5, 5.41) is 6.56. The lowest BCUT2D eigenvalue weighted by Crippen LogP contribution is -2.36. The average Bonchev–Trinajstić information content (AvgIpc) is 2.01. The fraction of sp³-hybridized carbons (Fsp3) is 0.444. The molecule has 0 radical (unpaired) electrons. The quantitative estimate of drug-likeness (QED) is 0.387. The van der Waals surface area contributed by atoms with Crippen molar-refractivity contribution in [2.45, 2.75) is 13.8 Å². The molecule has 2 N–H and O–H groups in total. The standard InChI is InChI=1S/C9H14N2S/c1-4-5-6-10-9(12)11-7-8(2)3/h2,6-7H2,1,3H3,(H2,10,11,12). The first-order valence-electron chi connectivity index (χ1n) is 3.72. The molecule has 66 valence electrons. The van der Waals surface area contributed by atoms with Crippen molar-refractivity contribution >= 4 is 17.3 Å². The Hall–Kier alpha value is -1.01. The summed E-state index contributed by atoms with van der Waals surface area (Å²) in [5.41, 5.74) is 1.06. The highest BCUT2D eigenvalue weighted by Crippen LogP contribution is 1.80. The summed E-state index contributed by atoms with van der Waals surface area (Å²) in [6, 6.07) is 0. The van der Waals surface area contributed by atoms with Crippen LogP contribution in [0.5, 0.6) is 0 Å². The molecular weight excluding hydrogens is 168 g/mol. The fourth-order valence-electron chi connectivity index (χ4n) is 0.507. The molecule has 0 aromatic rings. The minimum atomic E-state index is 0.596. The zero-order valence-corrected chi connectivity index (χ0v) is 8.35. The highest BCUT2D eigenvalue weighted by atomic mass is 32.1. The van der Waals surface area contributed by atoms with Gasteiger partial charge in [-0.2, -0.15) is 0 Å². The smallest absolute Gasteiger partial charge is 0.167 e. The maximum atomic E-state index is 4.95. The highest BCUT2D eigenvalue weighted by molar-refractivity contribution is 7.80. The van der Waals surface area contributed by atoms with Gasteiger partial charge in [-0.05, 0) is 26.1 Å². The molecule has 0 rings (SSSR count). The van der Waals surface area contributed by atoms with Gasteiger partial charge in [0.05, 0.1) is 6.54 Å². The van der Waals surface area contributed by atoms with Gasteiger partial charge in [-0.25, -0.2) is 0 Å². The number of nitrogens with one attached hydrogen (secondary N) is 2. The van der Waals surface area contributed by atoms with E-state index < -0.39 is 0 Å². The van der Waals surface area contributed by atoms with Gasteiger partial charge in [0.2, 0.25) is 0 Å². The monoisotopic (exact) mass is 182 g/mol. The van der Waals surface area contributed by atoms with Gasteiger partial charge in [0, 0.05) is 6.54 Å². The fourth-order valence-corrected chi connectivity index (χ4v) is 0.651. The first-order chi connectivity index (χ1) is 5.66. The molecule has 2 nitrogen and oxygen atoms in total. The molecule has 0 fully saturated rings. The summed E-state index contributed by atoms with van der Waals surface area (Å²) < 4.78 is 0. The summed E-state index contributed by atoms with van der Waals surface area (Å²) in [7, 11) is 0. The van der Waals surface area contributed by atoms with Gasteiger partial charge in [-0.15, -0.1) is 5.92 Å². The van der Waals surface area contributed by atoms with Crippen molar-refractivity contribution < 1.29 is 0 Å². The minimum absolute atomic E-state index is 0.596. The summed E-state index contributed by atoms with van der Waals surface area (Å²) in [4.78, 5) is 0. The summed E-state index contributed by atoms with van der Waals surface area (Å²) >= 11 is 4.95. The van der Waals surface area contributed by atoms with Crippen LogP contribution in [0.2, 0.25) is 0 Å². The van der Waals surface area contributed by atoms with E-state index in [9.17, 15) is 0 Å². The van der Waals surface area contributed by atoms with Crippen LogP contribution in [0.4, 0.5) is 0 Å². The van der Waals surface area contributed by atoms with Crippen LogP contribution in [0.25, 0.3) is 0 Å². The van der Waals surface area contributed by atoms with E-state index >= 15 is 0 Å². The molecule has 0 amide bonds. The third-order valence-corrected chi connectivity index (χ3v) is 1.35. The van der Waals surface area contributed by atoms with E-state index in [-0.39, 0.29) is 0 Å². The number of thiocarbonyl (C=S) groups is 1. The van der Waals surface area contributed by atoms with Gasteiger partial charge < -0.3 is 10.6 Å². The van der Waals surface area contributed by atoms with Gasteiger partial charge >= 0.3 is 0 Å². The number of hydrogen-bond acceptors (Lipinski definition) is 1. The van der Waals surface area contributed by atoms with Crippen LogP contribution < -0.4 is 10.6 Å². The molecule has 0 aliphatic rings. The zero-order chi connectivity index (χ0) is 9.40. The Bertz CT molecular complexity index is 222. The summed E-state index contributed by atoms with van der Waals surface area (Å²) in [6.45, 7) is 8.80. The molecule has 3 heteroatoms. The van der Waals surface area contributed by atoms with Crippen molar-refractivity contribution in [2.24, 2.45) is 0 Å². The largest absolute Gasteiger partial charge is 0.359 e. The van der Waals surface area contributed by atoms with E-state index in [1.807, 2.05) is 6.92 Å². The second-order valence-electron chi connectivity index (χ2n) is 2.42. The van der Waals surface area contributed by atoms with Gasteiger partial charge in [0.25, 0.3) is 0 Å². The Morgan fingerprint density at radius 3 is 2.67 bits per heavy atom. The molecule has 0 saturated heterocycles. The molecule has 0 aromatic heterocycles. The van der Waals surface area contributed by atoms with Crippen LogP contribution in [0.3, 0.4) is 0 Å². The van der Waals surface area contributed by atoms with Crippen molar-refractivity contribution in [2.75, 3.05) is 13.1 Å². The summed E-state index contributed by atoms with van der Waals surface area (Å²) in [5.74, 6) is 5.63. The van der Waals surface area contributed by atoms with Gasteiger partial charge in [-0.1, -0.05) is 18.1 Å². The van der Waals surface area contributed by atoms with Crippen molar-refractivity contribution in [1.82, 2.24) is 10.6 Å². The Morgan fingerprint density at radius 1 is 1.50 bits per heavy atom. The van der Waals surface area contributed by atoms with Crippen LogP contribution in [0.1, 0.15) is 13.8 Å². The zero-order valence-electron chi connectivity index (χ0n) is 7.53. The molecule has 0 saturated carbocycles. The van der Waals surface area contributed by atoms with E-state index in [0.717, 1.165) is 5.57 Å². The first-order valence-corrected chi connectivity index (χ1v) is 4.13. The molecule has 0 aromatic carbocycles. The van der Waals surface area contributed by atoms with Gasteiger partial charge in [0.15, 0.2) is 5.11 Å².